The molecule has 2 atom stereocenters. The normalized spacial score (nSPS) is 30.0. The molecule has 19 heavy (non-hydrogen) atoms. The molecule has 0 spiro atoms. The van der Waals surface area contributed by atoms with Gasteiger partial charge in [0.1, 0.15) is 6.07 Å². The third kappa shape index (κ3) is 2.13. The second-order valence-electron chi connectivity index (χ2n) is 5.49. The summed E-state index contributed by atoms with van der Waals surface area (Å²) in [5.74, 6) is 0.333. The van der Waals surface area contributed by atoms with Crippen molar-refractivity contribution in [3.63, 3.8) is 0 Å². The minimum absolute atomic E-state index is 0.0882. The Labute approximate surface area is 112 Å². The molecule has 2 bridgehead atoms. The molecule has 2 fully saturated rings. The van der Waals surface area contributed by atoms with Crippen molar-refractivity contribution < 1.29 is 4.79 Å². The van der Waals surface area contributed by atoms with Gasteiger partial charge in [0.15, 0.2) is 5.78 Å². The van der Waals surface area contributed by atoms with Crippen LogP contribution in [0.3, 0.4) is 0 Å². The molecule has 5 nitrogen and oxygen atoms in total. The molecule has 2 aliphatic heterocycles. The van der Waals surface area contributed by atoms with E-state index in [4.69, 9.17) is 5.26 Å². The SMILES string of the molecule is CN1C2CCC1CC(C(=O)c1cnc(C#N)nc1)C2. The third-order valence-corrected chi connectivity index (χ3v) is 4.51. The maximum atomic E-state index is 12.4. The third-order valence-electron chi connectivity index (χ3n) is 4.51. The van der Waals surface area contributed by atoms with Gasteiger partial charge in [-0.05, 0) is 32.7 Å². The minimum Gasteiger partial charge on any atom is -0.300 e. The van der Waals surface area contributed by atoms with Gasteiger partial charge in [0, 0.05) is 30.4 Å². The molecule has 3 heterocycles. The van der Waals surface area contributed by atoms with Crippen molar-refractivity contribution in [2.45, 2.75) is 37.8 Å². The van der Waals surface area contributed by atoms with Gasteiger partial charge in [0.05, 0.1) is 5.56 Å². The van der Waals surface area contributed by atoms with E-state index in [1.165, 1.54) is 25.2 Å². The number of carbonyl (C=O) groups is 1. The van der Waals surface area contributed by atoms with Crippen LogP contribution in [0.4, 0.5) is 0 Å². The zero-order valence-corrected chi connectivity index (χ0v) is 10.9. The van der Waals surface area contributed by atoms with Crippen LogP contribution in [-0.2, 0) is 0 Å². The lowest BCUT2D eigenvalue weighted by atomic mass is 9.86. The fourth-order valence-electron chi connectivity index (χ4n) is 3.37. The average molecular weight is 256 g/mol. The summed E-state index contributed by atoms with van der Waals surface area (Å²) in [7, 11) is 2.16. The van der Waals surface area contributed by atoms with Crippen LogP contribution in [0.1, 0.15) is 41.9 Å². The molecule has 0 saturated carbocycles. The summed E-state index contributed by atoms with van der Waals surface area (Å²) in [6.07, 6.45) is 7.24. The zero-order valence-electron chi connectivity index (χ0n) is 10.9. The molecule has 0 N–H and O–H groups in total. The Morgan fingerprint density at radius 2 is 1.89 bits per heavy atom. The molecule has 2 unspecified atom stereocenters. The maximum absolute atomic E-state index is 12.4. The lowest BCUT2D eigenvalue weighted by Crippen LogP contribution is -2.42. The predicted octanol–water partition coefficient (Wildman–Crippen LogP) is 1.40. The lowest BCUT2D eigenvalue weighted by Gasteiger charge is -2.35. The molecule has 1 aromatic rings. The van der Waals surface area contributed by atoms with E-state index in [0.29, 0.717) is 17.6 Å². The van der Waals surface area contributed by atoms with Crippen LogP contribution in [0, 0.1) is 17.2 Å². The van der Waals surface area contributed by atoms with Crippen molar-refractivity contribution >= 4 is 5.78 Å². The summed E-state index contributed by atoms with van der Waals surface area (Å²) < 4.78 is 0. The molecular formula is C14H16N4O. The summed E-state index contributed by atoms with van der Waals surface area (Å²) in [6.45, 7) is 0. The summed E-state index contributed by atoms with van der Waals surface area (Å²) in [4.78, 5) is 22.6. The van der Waals surface area contributed by atoms with E-state index >= 15 is 0 Å². The van der Waals surface area contributed by atoms with E-state index < -0.39 is 0 Å². The van der Waals surface area contributed by atoms with E-state index in [1.807, 2.05) is 6.07 Å². The van der Waals surface area contributed by atoms with E-state index in [0.717, 1.165) is 12.8 Å². The topological polar surface area (TPSA) is 69.9 Å². The van der Waals surface area contributed by atoms with Gasteiger partial charge in [-0.15, -0.1) is 0 Å². The highest BCUT2D eigenvalue weighted by Gasteiger charge is 2.41. The number of hydrogen-bond acceptors (Lipinski definition) is 5. The van der Waals surface area contributed by atoms with E-state index in [2.05, 4.69) is 21.9 Å². The van der Waals surface area contributed by atoms with Crippen LogP contribution in [-0.4, -0.2) is 39.8 Å². The fraction of sp³-hybridized carbons (Fsp3) is 0.571. The van der Waals surface area contributed by atoms with Crippen molar-refractivity contribution in [3.8, 4) is 6.07 Å². The smallest absolute Gasteiger partial charge is 0.232 e. The minimum atomic E-state index is 0.0882. The second-order valence-corrected chi connectivity index (χ2v) is 5.49. The fourth-order valence-corrected chi connectivity index (χ4v) is 3.37. The standard InChI is InChI=1S/C14H16N4O/c1-18-11-2-3-12(18)5-9(4-11)14(19)10-7-16-13(6-15)17-8-10/h7-9,11-12H,2-5H2,1H3. The monoisotopic (exact) mass is 256 g/mol. The predicted molar refractivity (Wildman–Crippen MR) is 68.4 cm³/mol. The molecule has 0 aliphatic carbocycles. The highest BCUT2D eigenvalue weighted by Crippen LogP contribution is 2.38. The Balaban J connectivity index is 1.76. The van der Waals surface area contributed by atoms with Gasteiger partial charge >= 0.3 is 0 Å². The number of carbonyl (C=O) groups excluding carboxylic acids is 1. The van der Waals surface area contributed by atoms with Gasteiger partial charge in [0.25, 0.3) is 0 Å². The summed E-state index contributed by atoms with van der Waals surface area (Å²) >= 11 is 0. The molecule has 5 heteroatoms. The second kappa shape index (κ2) is 4.71. The van der Waals surface area contributed by atoms with Crippen LogP contribution in [0.15, 0.2) is 12.4 Å². The Morgan fingerprint density at radius 3 is 2.42 bits per heavy atom. The molecule has 98 valence electrons. The van der Waals surface area contributed by atoms with Crippen molar-refractivity contribution in [3.05, 3.63) is 23.8 Å². The van der Waals surface area contributed by atoms with Crippen LogP contribution in [0.2, 0.25) is 0 Å². The van der Waals surface area contributed by atoms with Gasteiger partial charge in [-0.3, -0.25) is 4.79 Å². The van der Waals surface area contributed by atoms with Gasteiger partial charge in [-0.25, -0.2) is 9.97 Å². The maximum Gasteiger partial charge on any atom is 0.232 e. The van der Waals surface area contributed by atoms with Crippen molar-refractivity contribution in [2.75, 3.05) is 7.05 Å². The number of rotatable bonds is 2. The number of Topliss-reactive ketones (excluding diaryl/α,β-unsaturated/α-hetero) is 1. The van der Waals surface area contributed by atoms with E-state index in [-0.39, 0.29) is 17.5 Å². The molecule has 1 aromatic heterocycles. The highest BCUT2D eigenvalue weighted by molar-refractivity contribution is 5.97. The Morgan fingerprint density at radius 1 is 1.32 bits per heavy atom. The molecule has 0 aromatic carbocycles. The zero-order chi connectivity index (χ0) is 13.4. The summed E-state index contributed by atoms with van der Waals surface area (Å²) in [5, 5.41) is 8.66. The largest absolute Gasteiger partial charge is 0.300 e. The quantitative estimate of drug-likeness (QED) is 0.748. The molecule has 0 radical (unpaired) electrons. The van der Waals surface area contributed by atoms with Crippen LogP contribution < -0.4 is 0 Å². The van der Waals surface area contributed by atoms with Gasteiger partial charge in [-0.2, -0.15) is 5.26 Å². The van der Waals surface area contributed by atoms with E-state index in [9.17, 15) is 4.79 Å². The van der Waals surface area contributed by atoms with Crippen LogP contribution in [0.25, 0.3) is 0 Å². The first kappa shape index (κ1) is 12.2. The van der Waals surface area contributed by atoms with Crippen LogP contribution in [0.5, 0.6) is 0 Å². The van der Waals surface area contributed by atoms with E-state index in [1.54, 1.807) is 0 Å². The van der Waals surface area contributed by atoms with Gasteiger partial charge < -0.3 is 4.90 Å². The first-order valence-electron chi connectivity index (χ1n) is 6.67. The number of piperidine rings is 1. The first-order valence-corrected chi connectivity index (χ1v) is 6.67. The van der Waals surface area contributed by atoms with Gasteiger partial charge in [-0.1, -0.05) is 0 Å². The number of nitrogens with zero attached hydrogens (tertiary/aromatic N) is 4. The average Bonchev–Trinajstić information content (AvgIpc) is 2.68. The Bertz CT molecular complexity index is 519. The number of hydrogen-bond donors (Lipinski definition) is 0. The van der Waals surface area contributed by atoms with Crippen molar-refractivity contribution in [1.29, 1.82) is 5.26 Å². The highest BCUT2D eigenvalue weighted by atomic mass is 16.1. The summed E-state index contributed by atoms with van der Waals surface area (Å²) in [6, 6.07) is 2.96. The number of ketones is 1. The Hall–Kier alpha value is -1.80. The Kier molecular flexibility index (Phi) is 3.03. The van der Waals surface area contributed by atoms with Crippen LogP contribution >= 0.6 is 0 Å². The molecular weight excluding hydrogens is 240 g/mol. The molecule has 3 rings (SSSR count). The molecule has 2 saturated heterocycles. The number of aromatic nitrogens is 2. The van der Waals surface area contributed by atoms with Gasteiger partial charge in [0.2, 0.25) is 5.82 Å². The number of nitriles is 1. The lowest BCUT2D eigenvalue weighted by molar-refractivity contribution is 0.0766. The van der Waals surface area contributed by atoms with Crippen molar-refractivity contribution in [1.82, 2.24) is 14.9 Å². The molecule has 2 aliphatic rings. The first-order chi connectivity index (χ1) is 9.19. The number of fused-ring (bicyclic) bond motifs is 2. The summed E-state index contributed by atoms with van der Waals surface area (Å²) in [5.41, 5.74) is 0.535. The molecule has 0 amide bonds. The van der Waals surface area contributed by atoms with Crippen molar-refractivity contribution in [2.24, 2.45) is 5.92 Å².